The van der Waals surface area contributed by atoms with Crippen LogP contribution < -0.4 is 5.32 Å². The van der Waals surface area contributed by atoms with Crippen LogP contribution in [0.1, 0.15) is 59.1 Å². The number of nitrogens with one attached hydrogen (secondary N) is 1. The van der Waals surface area contributed by atoms with Crippen LogP contribution in [0.4, 0.5) is 28.3 Å². The first-order valence-corrected chi connectivity index (χ1v) is 12.2. The Labute approximate surface area is 205 Å². The van der Waals surface area contributed by atoms with E-state index in [9.17, 15) is 22.4 Å². The van der Waals surface area contributed by atoms with Crippen LogP contribution in [0, 0.1) is 17.2 Å². The summed E-state index contributed by atoms with van der Waals surface area (Å²) in [6.45, 7) is 6.58. The molecule has 0 fully saturated rings. The number of alkyl halides is 3. The molecule has 1 heterocycles. The standard InChI is InChI=1S/C27H26F4N2OS/c1-26(2,3)17-10-11-21-22(14-17)35-25(32-15-16-6-4-8-19(28)12-16)23(21)24(34)33-20-9-5-7-18(13-20)27(29,30)31/h4-9,12-13,15,17H,10-11,14H2,1-3H3,(H,33,34)/t17-/m0/s1. The fourth-order valence-corrected chi connectivity index (χ4v) is 5.59. The van der Waals surface area contributed by atoms with Crippen LogP contribution in [-0.4, -0.2) is 12.1 Å². The van der Waals surface area contributed by atoms with Crippen LogP contribution in [0.2, 0.25) is 0 Å². The smallest absolute Gasteiger partial charge is 0.322 e. The molecule has 3 nitrogen and oxygen atoms in total. The molecule has 35 heavy (non-hydrogen) atoms. The van der Waals surface area contributed by atoms with Crippen molar-refractivity contribution in [3.05, 3.63) is 81.5 Å². The third kappa shape index (κ3) is 5.81. The van der Waals surface area contributed by atoms with E-state index in [0.29, 0.717) is 28.5 Å². The molecule has 1 amide bonds. The van der Waals surface area contributed by atoms with Crippen LogP contribution in [0.15, 0.2) is 53.5 Å². The highest BCUT2D eigenvalue weighted by Gasteiger charge is 2.34. The van der Waals surface area contributed by atoms with Crippen LogP contribution in [0.5, 0.6) is 0 Å². The summed E-state index contributed by atoms with van der Waals surface area (Å²) in [7, 11) is 0. The number of anilines is 1. The lowest BCUT2D eigenvalue weighted by molar-refractivity contribution is -0.137. The summed E-state index contributed by atoms with van der Waals surface area (Å²) in [5.41, 5.74) is 1.16. The van der Waals surface area contributed by atoms with Gasteiger partial charge in [-0.25, -0.2) is 9.38 Å². The molecule has 184 valence electrons. The number of rotatable bonds is 4. The summed E-state index contributed by atoms with van der Waals surface area (Å²) < 4.78 is 53.0. The van der Waals surface area contributed by atoms with E-state index in [-0.39, 0.29) is 11.1 Å². The molecule has 0 saturated carbocycles. The lowest BCUT2D eigenvalue weighted by Gasteiger charge is -2.33. The molecule has 0 bridgehead atoms. The number of benzene rings is 2. The molecule has 0 aliphatic heterocycles. The molecule has 0 radical (unpaired) electrons. The summed E-state index contributed by atoms with van der Waals surface area (Å²) in [4.78, 5) is 18.9. The van der Waals surface area contributed by atoms with E-state index in [1.165, 1.54) is 41.8 Å². The molecule has 0 unspecified atom stereocenters. The van der Waals surface area contributed by atoms with E-state index < -0.39 is 23.5 Å². The average Bonchev–Trinajstić information content (AvgIpc) is 3.14. The zero-order chi connectivity index (χ0) is 25.4. The third-order valence-electron chi connectivity index (χ3n) is 6.33. The Kier molecular flexibility index (Phi) is 6.86. The number of carbonyl (C=O) groups excluding carboxylic acids is 1. The number of fused-ring (bicyclic) bond motifs is 1. The van der Waals surface area contributed by atoms with Crippen LogP contribution >= 0.6 is 11.3 Å². The summed E-state index contributed by atoms with van der Waals surface area (Å²) in [6, 6.07) is 10.5. The van der Waals surface area contributed by atoms with E-state index in [0.717, 1.165) is 35.4 Å². The predicted molar refractivity (Wildman–Crippen MR) is 132 cm³/mol. The number of aliphatic imine (C=N–C) groups is 1. The Balaban J connectivity index is 1.70. The third-order valence-corrected chi connectivity index (χ3v) is 7.49. The zero-order valence-corrected chi connectivity index (χ0v) is 20.5. The van der Waals surface area contributed by atoms with Gasteiger partial charge in [0, 0.05) is 16.8 Å². The lowest BCUT2D eigenvalue weighted by atomic mass is 9.72. The Morgan fingerprint density at radius 3 is 2.54 bits per heavy atom. The highest BCUT2D eigenvalue weighted by molar-refractivity contribution is 7.16. The summed E-state index contributed by atoms with van der Waals surface area (Å²) in [5, 5.41) is 3.10. The van der Waals surface area contributed by atoms with Gasteiger partial charge in [0.25, 0.3) is 5.91 Å². The highest BCUT2D eigenvalue weighted by atomic mass is 32.1. The van der Waals surface area contributed by atoms with Crippen molar-refractivity contribution in [1.82, 2.24) is 0 Å². The van der Waals surface area contributed by atoms with Gasteiger partial charge >= 0.3 is 6.18 Å². The zero-order valence-electron chi connectivity index (χ0n) is 19.7. The number of carbonyl (C=O) groups is 1. The molecule has 2 aromatic carbocycles. The summed E-state index contributed by atoms with van der Waals surface area (Å²) >= 11 is 1.42. The molecular formula is C27H26F4N2OS. The fourth-order valence-electron chi connectivity index (χ4n) is 4.32. The van der Waals surface area contributed by atoms with Crippen molar-refractivity contribution >= 4 is 34.1 Å². The topological polar surface area (TPSA) is 41.5 Å². The minimum Gasteiger partial charge on any atom is -0.322 e. The number of hydrogen-bond acceptors (Lipinski definition) is 3. The number of thiophene rings is 1. The van der Waals surface area contributed by atoms with Crippen molar-refractivity contribution in [3.63, 3.8) is 0 Å². The summed E-state index contributed by atoms with van der Waals surface area (Å²) in [6.07, 6.45) is -0.602. The minimum atomic E-state index is -4.51. The van der Waals surface area contributed by atoms with Gasteiger partial charge in [-0.15, -0.1) is 11.3 Å². The maximum absolute atomic E-state index is 13.6. The van der Waals surface area contributed by atoms with Gasteiger partial charge in [0.1, 0.15) is 10.8 Å². The van der Waals surface area contributed by atoms with Crippen molar-refractivity contribution in [2.75, 3.05) is 5.32 Å². The van der Waals surface area contributed by atoms with Crippen molar-refractivity contribution in [2.24, 2.45) is 16.3 Å². The maximum atomic E-state index is 13.6. The molecule has 3 aromatic rings. The molecule has 1 aliphatic rings. The first kappa shape index (κ1) is 25.1. The van der Waals surface area contributed by atoms with Crippen LogP contribution in [0.3, 0.4) is 0 Å². The maximum Gasteiger partial charge on any atom is 0.416 e. The molecule has 0 spiro atoms. The number of amides is 1. The van der Waals surface area contributed by atoms with Gasteiger partial charge in [0.05, 0.1) is 11.1 Å². The van der Waals surface area contributed by atoms with Gasteiger partial charge in [0.2, 0.25) is 0 Å². The van der Waals surface area contributed by atoms with E-state index >= 15 is 0 Å². The monoisotopic (exact) mass is 502 g/mol. The molecule has 8 heteroatoms. The number of hydrogen-bond donors (Lipinski definition) is 1. The SMILES string of the molecule is CC(C)(C)[C@H]1CCc2c(sc(N=Cc3cccc(F)c3)c2C(=O)Nc2cccc(C(F)(F)F)c2)C1. The van der Waals surface area contributed by atoms with E-state index in [1.54, 1.807) is 12.1 Å². The normalized spacial score (nSPS) is 16.4. The second-order valence-corrected chi connectivity index (χ2v) is 10.9. The van der Waals surface area contributed by atoms with E-state index in [2.05, 4.69) is 31.1 Å². The molecule has 0 saturated heterocycles. The van der Waals surface area contributed by atoms with Gasteiger partial charge in [-0.3, -0.25) is 4.79 Å². The Morgan fingerprint density at radius 1 is 1.11 bits per heavy atom. The minimum absolute atomic E-state index is 0.0632. The first-order chi connectivity index (χ1) is 16.4. The fraction of sp³-hybridized carbons (Fsp3) is 0.333. The van der Waals surface area contributed by atoms with Crippen LogP contribution in [-0.2, 0) is 19.0 Å². The van der Waals surface area contributed by atoms with Crippen molar-refractivity contribution in [2.45, 2.75) is 46.2 Å². The summed E-state index contributed by atoms with van der Waals surface area (Å²) in [5.74, 6) is -0.453. The van der Waals surface area contributed by atoms with Gasteiger partial charge in [-0.2, -0.15) is 13.2 Å². The van der Waals surface area contributed by atoms with Crippen molar-refractivity contribution in [3.8, 4) is 0 Å². The van der Waals surface area contributed by atoms with E-state index in [1.807, 2.05) is 0 Å². The number of nitrogens with zero attached hydrogens (tertiary/aromatic N) is 1. The average molecular weight is 503 g/mol. The lowest BCUT2D eigenvalue weighted by Crippen LogP contribution is -2.27. The molecule has 1 aliphatic carbocycles. The Bertz CT molecular complexity index is 1270. The predicted octanol–water partition coefficient (Wildman–Crippen LogP) is 8.06. The first-order valence-electron chi connectivity index (χ1n) is 11.3. The molecule has 1 aromatic heterocycles. The van der Waals surface area contributed by atoms with Crippen molar-refractivity contribution in [1.29, 1.82) is 0 Å². The van der Waals surface area contributed by atoms with Gasteiger partial charge in [-0.1, -0.05) is 39.0 Å². The molecule has 1 atom stereocenters. The highest BCUT2D eigenvalue weighted by Crippen LogP contribution is 2.45. The van der Waals surface area contributed by atoms with Crippen molar-refractivity contribution < 1.29 is 22.4 Å². The van der Waals surface area contributed by atoms with Crippen LogP contribution in [0.25, 0.3) is 0 Å². The Hall–Kier alpha value is -3.00. The Morgan fingerprint density at radius 2 is 1.86 bits per heavy atom. The second-order valence-electron chi connectivity index (χ2n) is 9.84. The molecule has 4 rings (SSSR count). The number of halogens is 4. The van der Waals surface area contributed by atoms with E-state index in [4.69, 9.17) is 0 Å². The van der Waals surface area contributed by atoms with Gasteiger partial charge in [0.15, 0.2) is 0 Å². The molecule has 1 N–H and O–H groups in total. The largest absolute Gasteiger partial charge is 0.416 e. The second kappa shape index (κ2) is 9.57. The van der Waals surface area contributed by atoms with Gasteiger partial charge in [-0.05, 0) is 72.1 Å². The quantitative estimate of drug-likeness (QED) is 0.285. The van der Waals surface area contributed by atoms with Gasteiger partial charge < -0.3 is 5.32 Å². The molecular weight excluding hydrogens is 476 g/mol.